The number of para-hydroxylation sites is 1. The maximum Gasteiger partial charge on any atom is 0.329 e. The molecule has 0 spiro atoms. The minimum atomic E-state index is -0.341. The third-order valence-electron chi connectivity index (χ3n) is 4.84. The van der Waals surface area contributed by atoms with Crippen LogP contribution in [0.15, 0.2) is 30.0 Å². The normalized spacial score (nSPS) is 15.9. The van der Waals surface area contributed by atoms with E-state index in [4.69, 9.17) is 0 Å². The number of imide groups is 1. The molecule has 0 atom stereocenters. The minimum Gasteiger partial charge on any atom is -0.317 e. The Hall–Kier alpha value is -2.82. The van der Waals surface area contributed by atoms with Gasteiger partial charge in [0.15, 0.2) is 0 Å². The number of nitrogens with zero attached hydrogens (tertiary/aromatic N) is 2. The van der Waals surface area contributed by atoms with Gasteiger partial charge in [-0.2, -0.15) is 0 Å². The lowest BCUT2D eigenvalue weighted by Crippen LogP contribution is -2.31. The lowest BCUT2D eigenvalue weighted by atomic mass is 10.1. The number of carbonyl (C=O) groups excluding carboxylic acids is 2. The Morgan fingerprint density at radius 2 is 1.73 bits per heavy atom. The predicted octanol–water partition coefficient (Wildman–Crippen LogP) is 4.01. The zero-order valence-corrected chi connectivity index (χ0v) is 16.0. The summed E-state index contributed by atoms with van der Waals surface area (Å²) in [6.45, 7) is 10.7. The van der Waals surface area contributed by atoms with Gasteiger partial charge in [0.05, 0.1) is 5.69 Å². The monoisotopic (exact) mass is 351 g/mol. The molecule has 1 aromatic carbocycles. The fourth-order valence-electron chi connectivity index (χ4n) is 3.59. The van der Waals surface area contributed by atoms with Crippen LogP contribution in [0.5, 0.6) is 0 Å². The molecule has 0 bridgehead atoms. The summed E-state index contributed by atoms with van der Waals surface area (Å²) in [5.41, 5.74) is 6.98. The number of rotatable bonds is 4. The first kappa shape index (κ1) is 18.0. The van der Waals surface area contributed by atoms with Gasteiger partial charge in [0.2, 0.25) is 0 Å². The quantitative estimate of drug-likeness (QED) is 0.668. The Morgan fingerprint density at radius 3 is 2.35 bits per heavy atom. The number of benzene rings is 1. The fourth-order valence-corrected chi connectivity index (χ4v) is 3.59. The topological polar surface area (TPSA) is 54.3 Å². The van der Waals surface area contributed by atoms with E-state index in [0.29, 0.717) is 12.2 Å². The zero-order chi connectivity index (χ0) is 19.0. The molecule has 1 aliphatic rings. The van der Waals surface area contributed by atoms with Gasteiger partial charge in [0.25, 0.3) is 5.91 Å². The standard InChI is InChI=1S/C21H25N3O2/c1-6-10-23-20(25)18(22-21(23)26)12-17-11-15(4)24(16(17)5)19-13(2)8-7-9-14(19)3/h7-9,11-12H,6,10H2,1-5H3,(H,22,26)/b18-12+. The van der Waals surface area contributed by atoms with Gasteiger partial charge in [-0.3, -0.25) is 9.69 Å². The van der Waals surface area contributed by atoms with E-state index >= 15 is 0 Å². The second-order valence-corrected chi connectivity index (χ2v) is 6.85. The Labute approximate surface area is 154 Å². The molecule has 1 N–H and O–H groups in total. The van der Waals surface area contributed by atoms with Gasteiger partial charge in [0.1, 0.15) is 5.70 Å². The van der Waals surface area contributed by atoms with Crippen molar-refractivity contribution in [2.45, 2.75) is 41.0 Å². The van der Waals surface area contributed by atoms with Gasteiger partial charge in [-0.15, -0.1) is 0 Å². The highest BCUT2D eigenvalue weighted by Crippen LogP contribution is 2.27. The summed E-state index contributed by atoms with van der Waals surface area (Å²) in [5, 5.41) is 2.69. The molecule has 136 valence electrons. The van der Waals surface area contributed by atoms with E-state index in [9.17, 15) is 9.59 Å². The first-order valence-electron chi connectivity index (χ1n) is 8.95. The first-order chi connectivity index (χ1) is 12.3. The Bertz CT molecular complexity index is 901. The molecule has 1 fully saturated rings. The van der Waals surface area contributed by atoms with Crippen LogP contribution in [-0.2, 0) is 4.79 Å². The van der Waals surface area contributed by atoms with Crippen LogP contribution < -0.4 is 5.32 Å². The lowest BCUT2D eigenvalue weighted by molar-refractivity contribution is -0.122. The average molecular weight is 351 g/mol. The molecule has 2 aromatic rings. The van der Waals surface area contributed by atoms with Gasteiger partial charge in [0, 0.05) is 17.9 Å². The highest BCUT2D eigenvalue weighted by Gasteiger charge is 2.32. The smallest absolute Gasteiger partial charge is 0.317 e. The third-order valence-corrected chi connectivity index (χ3v) is 4.84. The molecule has 2 heterocycles. The van der Waals surface area contributed by atoms with Crippen LogP contribution in [0.1, 0.15) is 41.4 Å². The summed E-state index contributed by atoms with van der Waals surface area (Å²) in [4.78, 5) is 25.7. The summed E-state index contributed by atoms with van der Waals surface area (Å²) >= 11 is 0. The molecule has 0 aliphatic carbocycles. The molecular formula is C21H25N3O2. The SMILES string of the molecule is CCCN1C(=O)N/C(=C/c2cc(C)n(-c3c(C)cccc3C)c2C)C1=O. The maximum absolute atomic E-state index is 12.5. The summed E-state index contributed by atoms with van der Waals surface area (Å²) in [5.74, 6) is -0.256. The van der Waals surface area contributed by atoms with Crippen molar-refractivity contribution in [3.63, 3.8) is 0 Å². The van der Waals surface area contributed by atoms with Crippen molar-refractivity contribution in [3.8, 4) is 5.69 Å². The summed E-state index contributed by atoms with van der Waals surface area (Å²) in [6.07, 6.45) is 2.52. The predicted molar refractivity (Wildman–Crippen MR) is 103 cm³/mol. The van der Waals surface area contributed by atoms with Crippen LogP contribution in [0, 0.1) is 27.7 Å². The van der Waals surface area contributed by atoms with E-state index in [1.807, 2.05) is 13.8 Å². The van der Waals surface area contributed by atoms with Crippen LogP contribution >= 0.6 is 0 Å². The van der Waals surface area contributed by atoms with Crippen molar-refractivity contribution in [2.75, 3.05) is 6.54 Å². The Balaban J connectivity index is 2.05. The van der Waals surface area contributed by atoms with E-state index in [2.05, 4.69) is 54.9 Å². The maximum atomic E-state index is 12.5. The summed E-state index contributed by atoms with van der Waals surface area (Å²) in [7, 11) is 0. The molecule has 5 nitrogen and oxygen atoms in total. The third kappa shape index (κ3) is 2.94. The van der Waals surface area contributed by atoms with Crippen molar-refractivity contribution in [2.24, 2.45) is 0 Å². The average Bonchev–Trinajstić information content (AvgIpc) is 3.00. The van der Waals surface area contributed by atoms with E-state index in [0.717, 1.165) is 23.4 Å². The Morgan fingerprint density at radius 1 is 1.08 bits per heavy atom. The largest absolute Gasteiger partial charge is 0.329 e. The zero-order valence-electron chi connectivity index (χ0n) is 16.0. The summed E-state index contributed by atoms with van der Waals surface area (Å²) in [6, 6.07) is 7.97. The molecule has 0 unspecified atom stereocenters. The molecule has 5 heteroatoms. The summed E-state index contributed by atoms with van der Waals surface area (Å²) < 4.78 is 2.21. The number of aryl methyl sites for hydroxylation is 3. The van der Waals surface area contributed by atoms with Crippen LogP contribution in [0.25, 0.3) is 11.8 Å². The molecule has 3 amide bonds. The molecule has 0 saturated carbocycles. The van der Waals surface area contributed by atoms with Crippen molar-refractivity contribution in [1.82, 2.24) is 14.8 Å². The number of nitrogens with one attached hydrogen (secondary N) is 1. The molecule has 1 saturated heterocycles. The molecule has 3 rings (SSSR count). The van der Waals surface area contributed by atoms with E-state index < -0.39 is 0 Å². The number of hydrogen-bond acceptors (Lipinski definition) is 2. The molecule has 1 aliphatic heterocycles. The number of urea groups is 1. The van der Waals surface area contributed by atoms with Crippen molar-refractivity contribution < 1.29 is 9.59 Å². The fraction of sp³-hybridized carbons (Fsp3) is 0.333. The number of amides is 3. The second-order valence-electron chi connectivity index (χ2n) is 6.85. The first-order valence-corrected chi connectivity index (χ1v) is 8.95. The number of hydrogen-bond donors (Lipinski definition) is 1. The number of carbonyl (C=O) groups is 2. The van der Waals surface area contributed by atoms with E-state index in [1.165, 1.54) is 21.7 Å². The van der Waals surface area contributed by atoms with Crippen LogP contribution in [-0.4, -0.2) is 28.0 Å². The van der Waals surface area contributed by atoms with E-state index in [-0.39, 0.29) is 11.9 Å². The molecular weight excluding hydrogens is 326 g/mol. The minimum absolute atomic E-state index is 0.256. The second kappa shape index (κ2) is 6.83. The number of aromatic nitrogens is 1. The van der Waals surface area contributed by atoms with Gasteiger partial charge in [-0.05, 0) is 62.9 Å². The van der Waals surface area contributed by atoms with Crippen molar-refractivity contribution in [1.29, 1.82) is 0 Å². The Kier molecular flexibility index (Phi) is 4.72. The molecule has 26 heavy (non-hydrogen) atoms. The lowest BCUT2D eigenvalue weighted by Gasteiger charge is -2.15. The van der Waals surface area contributed by atoms with Crippen LogP contribution in [0.2, 0.25) is 0 Å². The van der Waals surface area contributed by atoms with Gasteiger partial charge >= 0.3 is 6.03 Å². The molecule has 0 radical (unpaired) electrons. The van der Waals surface area contributed by atoms with Gasteiger partial charge in [-0.1, -0.05) is 25.1 Å². The van der Waals surface area contributed by atoms with Gasteiger partial charge in [-0.25, -0.2) is 4.79 Å². The van der Waals surface area contributed by atoms with E-state index in [1.54, 1.807) is 6.08 Å². The molecule has 1 aromatic heterocycles. The van der Waals surface area contributed by atoms with Crippen LogP contribution in [0.4, 0.5) is 4.79 Å². The van der Waals surface area contributed by atoms with Gasteiger partial charge < -0.3 is 9.88 Å². The highest BCUT2D eigenvalue weighted by atomic mass is 16.2. The van der Waals surface area contributed by atoms with Crippen LogP contribution in [0.3, 0.4) is 0 Å². The van der Waals surface area contributed by atoms with Crippen molar-refractivity contribution in [3.05, 3.63) is 58.0 Å². The highest BCUT2D eigenvalue weighted by molar-refractivity contribution is 6.14. The van der Waals surface area contributed by atoms with Crippen molar-refractivity contribution >= 4 is 18.0 Å².